The predicted octanol–water partition coefficient (Wildman–Crippen LogP) is 1.56. The zero-order valence-corrected chi connectivity index (χ0v) is 11.9. The second-order valence-electron chi connectivity index (χ2n) is 4.85. The van der Waals surface area contributed by atoms with Crippen molar-refractivity contribution in [3.8, 4) is 11.5 Å². The molecule has 1 heterocycles. The topological polar surface area (TPSA) is 62.9 Å². The number of rotatable bonds is 3. The van der Waals surface area contributed by atoms with Crippen molar-refractivity contribution in [2.24, 2.45) is 5.73 Å². The second-order valence-corrected chi connectivity index (χ2v) is 4.85. The number of ether oxygens (including phenoxy) is 4. The van der Waals surface area contributed by atoms with Gasteiger partial charge in [-0.2, -0.15) is 0 Å². The molecule has 0 saturated carbocycles. The van der Waals surface area contributed by atoms with Gasteiger partial charge >= 0.3 is 0 Å². The molecule has 0 atom stereocenters. The van der Waals surface area contributed by atoms with Crippen LogP contribution in [0.4, 0.5) is 0 Å². The molecule has 0 spiro atoms. The Balaban J connectivity index is 2.42. The molecule has 2 rings (SSSR count). The Morgan fingerprint density at radius 3 is 2.26 bits per heavy atom. The van der Waals surface area contributed by atoms with Gasteiger partial charge in [-0.25, -0.2) is 0 Å². The normalized spacial score (nSPS) is 27.1. The van der Waals surface area contributed by atoms with Crippen molar-refractivity contribution in [2.45, 2.75) is 25.7 Å². The first-order valence-corrected chi connectivity index (χ1v) is 6.26. The van der Waals surface area contributed by atoms with Crippen LogP contribution in [0.2, 0.25) is 0 Å². The Labute approximate surface area is 113 Å². The predicted molar refractivity (Wildman–Crippen MR) is 71.5 cm³/mol. The lowest BCUT2D eigenvalue weighted by Crippen LogP contribution is -2.46. The smallest absolute Gasteiger partial charge is 0.195 e. The standard InChI is InChI=1S/C14H21NO4/c1-9-5-13(17-4)11(6-12(9)16-3)14(2)18-7-10(15)8-19-14/h5-6,10H,7-8,15H2,1-4H3. The summed E-state index contributed by atoms with van der Waals surface area (Å²) in [7, 11) is 3.27. The van der Waals surface area contributed by atoms with Crippen LogP contribution in [0.25, 0.3) is 0 Å². The zero-order chi connectivity index (χ0) is 14.0. The quantitative estimate of drug-likeness (QED) is 0.900. The van der Waals surface area contributed by atoms with Gasteiger partial charge in [0.1, 0.15) is 11.5 Å². The van der Waals surface area contributed by atoms with E-state index in [0.717, 1.165) is 22.6 Å². The first-order chi connectivity index (χ1) is 9.00. The number of hydrogen-bond acceptors (Lipinski definition) is 5. The number of benzene rings is 1. The molecule has 1 aromatic carbocycles. The van der Waals surface area contributed by atoms with Gasteiger partial charge in [0.15, 0.2) is 5.79 Å². The molecule has 5 nitrogen and oxygen atoms in total. The Bertz CT molecular complexity index is 453. The lowest BCUT2D eigenvalue weighted by molar-refractivity contribution is -0.270. The minimum Gasteiger partial charge on any atom is -0.496 e. The summed E-state index contributed by atoms with van der Waals surface area (Å²) in [5.41, 5.74) is 7.59. The lowest BCUT2D eigenvalue weighted by Gasteiger charge is -2.37. The van der Waals surface area contributed by atoms with E-state index in [1.807, 2.05) is 26.0 Å². The third-order valence-electron chi connectivity index (χ3n) is 3.35. The highest BCUT2D eigenvalue weighted by molar-refractivity contribution is 5.47. The summed E-state index contributed by atoms with van der Waals surface area (Å²) in [4.78, 5) is 0. The summed E-state index contributed by atoms with van der Waals surface area (Å²) >= 11 is 0. The zero-order valence-electron chi connectivity index (χ0n) is 11.9. The molecule has 0 bridgehead atoms. The van der Waals surface area contributed by atoms with Crippen molar-refractivity contribution in [1.82, 2.24) is 0 Å². The molecule has 19 heavy (non-hydrogen) atoms. The van der Waals surface area contributed by atoms with Gasteiger partial charge in [0, 0.05) is 0 Å². The average Bonchev–Trinajstić information content (AvgIpc) is 2.41. The molecule has 106 valence electrons. The largest absolute Gasteiger partial charge is 0.496 e. The molecule has 2 N–H and O–H groups in total. The van der Waals surface area contributed by atoms with E-state index >= 15 is 0 Å². The van der Waals surface area contributed by atoms with Crippen molar-refractivity contribution in [3.63, 3.8) is 0 Å². The average molecular weight is 267 g/mol. The van der Waals surface area contributed by atoms with Crippen molar-refractivity contribution in [1.29, 1.82) is 0 Å². The van der Waals surface area contributed by atoms with Crippen LogP contribution in [-0.4, -0.2) is 33.5 Å². The van der Waals surface area contributed by atoms with E-state index in [1.165, 1.54) is 0 Å². The highest BCUT2D eigenvalue weighted by Gasteiger charge is 2.37. The fraction of sp³-hybridized carbons (Fsp3) is 0.571. The van der Waals surface area contributed by atoms with Crippen molar-refractivity contribution in [3.05, 3.63) is 23.3 Å². The molecule has 0 unspecified atom stereocenters. The first-order valence-electron chi connectivity index (χ1n) is 6.26. The Morgan fingerprint density at radius 1 is 1.16 bits per heavy atom. The Hall–Kier alpha value is -1.30. The Kier molecular flexibility index (Phi) is 3.99. The van der Waals surface area contributed by atoms with Crippen molar-refractivity contribution in [2.75, 3.05) is 27.4 Å². The fourth-order valence-electron chi connectivity index (χ4n) is 2.18. The van der Waals surface area contributed by atoms with Gasteiger partial charge in [0.2, 0.25) is 0 Å². The van der Waals surface area contributed by atoms with E-state index in [1.54, 1.807) is 14.2 Å². The van der Waals surface area contributed by atoms with Crippen LogP contribution in [0.5, 0.6) is 11.5 Å². The van der Waals surface area contributed by atoms with Crippen LogP contribution < -0.4 is 15.2 Å². The van der Waals surface area contributed by atoms with E-state index in [2.05, 4.69) is 0 Å². The molecule has 0 radical (unpaired) electrons. The first kappa shape index (κ1) is 14.1. The van der Waals surface area contributed by atoms with Gasteiger partial charge < -0.3 is 24.7 Å². The molecule has 0 aliphatic carbocycles. The molecule has 1 aliphatic heterocycles. The van der Waals surface area contributed by atoms with E-state index in [9.17, 15) is 0 Å². The van der Waals surface area contributed by atoms with Gasteiger partial charge in [-0.05, 0) is 31.5 Å². The molecule has 5 heteroatoms. The highest BCUT2D eigenvalue weighted by Crippen LogP contribution is 2.39. The summed E-state index contributed by atoms with van der Waals surface area (Å²) in [6.45, 7) is 4.74. The maximum absolute atomic E-state index is 5.78. The van der Waals surface area contributed by atoms with Crippen LogP contribution in [0.3, 0.4) is 0 Å². The van der Waals surface area contributed by atoms with E-state index in [-0.39, 0.29) is 6.04 Å². The van der Waals surface area contributed by atoms with Gasteiger partial charge in [-0.15, -0.1) is 0 Å². The van der Waals surface area contributed by atoms with Gasteiger partial charge in [-0.3, -0.25) is 0 Å². The maximum atomic E-state index is 5.78. The summed E-state index contributed by atoms with van der Waals surface area (Å²) in [6, 6.07) is 3.72. The minimum absolute atomic E-state index is 0.0913. The summed E-state index contributed by atoms with van der Waals surface area (Å²) in [6.07, 6.45) is 0. The summed E-state index contributed by atoms with van der Waals surface area (Å²) in [5, 5.41) is 0. The Morgan fingerprint density at radius 2 is 1.74 bits per heavy atom. The van der Waals surface area contributed by atoms with Gasteiger partial charge in [0.05, 0.1) is 39.0 Å². The van der Waals surface area contributed by atoms with Crippen LogP contribution in [-0.2, 0) is 15.3 Å². The monoisotopic (exact) mass is 267 g/mol. The SMILES string of the molecule is COc1cc(C2(C)OCC(N)CO2)c(OC)cc1C. The molecule has 1 saturated heterocycles. The summed E-state index contributed by atoms with van der Waals surface area (Å²) in [5.74, 6) is 0.637. The fourth-order valence-corrected chi connectivity index (χ4v) is 2.18. The molecule has 0 aromatic heterocycles. The molecule has 1 aromatic rings. The third kappa shape index (κ3) is 2.68. The van der Waals surface area contributed by atoms with Crippen molar-refractivity contribution >= 4 is 0 Å². The number of aryl methyl sites for hydroxylation is 1. The van der Waals surface area contributed by atoms with Gasteiger partial charge in [0.25, 0.3) is 0 Å². The number of hydrogen-bond donors (Lipinski definition) is 1. The van der Waals surface area contributed by atoms with E-state index in [0.29, 0.717) is 13.2 Å². The molecule has 1 fully saturated rings. The van der Waals surface area contributed by atoms with Crippen molar-refractivity contribution < 1.29 is 18.9 Å². The molecule has 1 aliphatic rings. The lowest BCUT2D eigenvalue weighted by atomic mass is 10.0. The van der Waals surface area contributed by atoms with Crippen LogP contribution in [0, 0.1) is 6.92 Å². The summed E-state index contributed by atoms with van der Waals surface area (Å²) < 4.78 is 22.3. The molecular weight excluding hydrogens is 246 g/mol. The van der Waals surface area contributed by atoms with E-state index in [4.69, 9.17) is 24.7 Å². The van der Waals surface area contributed by atoms with Crippen LogP contribution in [0.1, 0.15) is 18.1 Å². The molecule has 0 amide bonds. The number of methoxy groups -OCH3 is 2. The third-order valence-corrected chi connectivity index (χ3v) is 3.35. The minimum atomic E-state index is -0.859. The second kappa shape index (κ2) is 5.36. The number of nitrogens with two attached hydrogens (primary N) is 1. The maximum Gasteiger partial charge on any atom is 0.195 e. The highest BCUT2D eigenvalue weighted by atomic mass is 16.7. The molecular formula is C14H21NO4. The van der Waals surface area contributed by atoms with Crippen LogP contribution in [0.15, 0.2) is 12.1 Å². The van der Waals surface area contributed by atoms with E-state index < -0.39 is 5.79 Å². The van der Waals surface area contributed by atoms with Crippen LogP contribution >= 0.6 is 0 Å². The van der Waals surface area contributed by atoms with Gasteiger partial charge in [-0.1, -0.05) is 0 Å².